The minimum absolute atomic E-state index is 0.155. The first-order valence-electron chi connectivity index (χ1n) is 7.00. The van der Waals surface area contributed by atoms with Crippen molar-refractivity contribution < 1.29 is 14.7 Å². The van der Waals surface area contributed by atoms with Crippen LogP contribution in [-0.4, -0.2) is 35.0 Å². The molecular weight excluding hydrogens is 230 g/mol. The maximum absolute atomic E-state index is 12.3. The lowest BCUT2D eigenvalue weighted by Gasteiger charge is -2.29. The van der Waals surface area contributed by atoms with Crippen molar-refractivity contribution in [2.24, 2.45) is 11.3 Å². The van der Waals surface area contributed by atoms with Gasteiger partial charge >= 0.3 is 5.97 Å². The first-order valence-corrected chi connectivity index (χ1v) is 7.00. The molecule has 2 fully saturated rings. The molecular formula is C14H23NO3. The van der Waals surface area contributed by atoms with E-state index in [9.17, 15) is 9.59 Å². The van der Waals surface area contributed by atoms with Gasteiger partial charge in [-0.2, -0.15) is 0 Å². The molecule has 0 aromatic rings. The van der Waals surface area contributed by atoms with E-state index in [4.69, 9.17) is 5.11 Å². The lowest BCUT2D eigenvalue weighted by atomic mass is 9.79. The summed E-state index contributed by atoms with van der Waals surface area (Å²) in [5, 5.41) is 9.03. The summed E-state index contributed by atoms with van der Waals surface area (Å²) in [6.07, 6.45) is 5.60. The molecule has 4 heteroatoms. The summed E-state index contributed by atoms with van der Waals surface area (Å²) >= 11 is 0. The summed E-state index contributed by atoms with van der Waals surface area (Å²) in [6.45, 7) is 3.86. The number of carbonyl (C=O) groups excluding carboxylic acids is 1. The number of aliphatic carboxylic acids is 1. The molecule has 1 aliphatic heterocycles. The standard InChI is InChI=1S/C14H23NO3/c1-11-4-7-15(10-11)12(16)8-14(9-13(17)18)5-2-3-6-14/h11H,2-10H2,1H3,(H,17,18). The fourth-order valence-electron chi connectivity index (χ4n) is 3.46. The molecule has 18 heavy (non-hydrogen) atoms. The van der Waals surface area contributed by atoms with E-state index in [1.165, 1.54) is 0 Å². The van der Waals surface area contributed by atoms with Crippen molar-refractivity contribution in [2.75, 3.05) is 13.1 Å². The molecule has 2 rings (SSSR count). The lowest BCUT2D eigenvalue weighted by molar-refractivity contribution is -0.141. The van der Waals surface area contributed by atoms with Crippen LogP contribution in [0.3, 0.4) is 0 Å². The van der Waals surface area contributed by atoms with Crippen LogP contribution in [0.5, 0.6) is 0 Å². The molecule has 1 unspecified atom stereocenters. The number of carbonyl (C=O) groups is 2. The largest absolute Gasteiger partial charge is 0.481 e. The number of nitrogens with zero attached hydrogens (tertiary/aromatic N) is 1. The monoisotopic (exact) mass is 253 g/mol. The van der Waals surface area contributed by atoms with Crippen LogP contribution >= 0.6 is 0 Å². The highest BCUT2D eigenvalue weighted by Gasteiger charge is 2.39. The van der Waals surface area contributed by atoms with Crippen LogP contribution in [-0.2, 0) is 9.59 Å². The normalized spacial score (nSPS) is 26.5. The Hall–Kier alpha value is -1.06. The molecule has 102 valence electrons. The molecule has 1 heterocycles. The minimum atomic E-state index is -0.764. The van der Waals surface area contributed by atoms with Gasteiger partial charge in [0.05, 0.1) is 6.42 Å². The lowest BCUT2D eigenvalue weighted by Crippen LogP contribution is -2.34. The Morgan fingerprint density at radius 2 is 1.94 bits per heavy atom. The second kappa shape index (κ2) is 5.29. The van der Waals surface area contributed by atoms with Gasteiger partial charge < -0.3 is 10.0 Å². The SMILES string of the molecule is CC1CCN(C(=O)CC2(CC(=O)O)CCCC2)C1. The smallest absolute Gasteiger partial charge is 0.303 e. The molecule has 1 saturated carbocycles. The quantitative estimate of drug-likeness (QED) is 0.836. The number of carboxylic acids is 1. The summed E-state index contributed by atoms with van der Waals surface area (Å²) in [5.74, 6) is -0.00468. The topological polar surface area (TPSA) is 57.6 Å². The zero-order valence-corrected chi connectivity index (χ0v) is 11.2. The third-order valence-corrected chi connectivity index (χ3v) is 4.49. The number of amides is 1. The van der Waals surface area contributed by atoms with Crippen molar-refractivity contribution in [1.29, 1.82) is 0 Å². The molecule has 0 spiro atoms. The predicted molar refractivity (Wildman–Crippen MR) is 68.1 cm³/mol. The van der Waals surface area contributed by atoms with Gasteiger partial charge in [0.1, 0.15) is 0 Å². The molecule has 0 aromatic carbocycles. The van der Waals surface area contributed by atoms with Crippen molar-refractivity contribution >= 4 is 11.9 Å². The van der Waals surface area contributed by atoms with Gasteiger partial charge in [-0.3, -0.25) is 9.59 Å². The van der Waals surface area contributed by atoms with Gasteiger partial charge in [0.15, 0.2) is 0 Å². The summed E-state index contributed by atoms with van der Waals surface area (Å²) in [5.41, 5.74) is -0.255. The number of carboxylic acid groups (broad SMARTS) is 1. The zero-order chi connectivity index (χ0) is 13.2. The van der Waals surface area contributed by atoms with Crippen molar-refractivity contribution in [3.8, 4) is 0 Å². The second-order valence-corrected chi connectivity index (χ2v) is 6.19. The van der Waals surface area contributed by atoms with Gasteiger partial charge in [-0.05, 0) is 30.6 Å². The van der Waals surface area contributed by atoms with Crippen LogP contribution in [0.2, 0.25) is 0 Å². The predicted octanol–water partition coefficient (Wildman–Crippen LogP) is 2.28. The third-order valence-electron chi connectivity index (χ3n) is 4.49. The van der Waals surface area contributed by atoms with Crippen molar-refractivity contribution in [3.63, 3.8) is 0 Å². The van der Waals surface area contributed by atoms with Crippen LogP contribution in [0, 0.1) is 11.3 Å². The van der Waals surface area contributed by atoms with E-state index in [0.29, 0.717) is 12.3 Å². The number of hydrogen-bond donors (Lipinski definition) is 1. The van der Waals surface area contributed by atoms with E-state index in [1.807, 2.05) is 4.90 Å². The van der Waals surface area contributed by atoms with Crippen LogP contribution in [0.15, 0.2) is 0 Å². The Morgan fingerprint density at radius 1 is 1.28 bits per heavy atom. The summed E-state index contributed by atoms with van der Waals surface area (Å²) < 4.78 is 0. The highest BCUT2D eigenvalue weighted by molar-refractivity contribution is 5.78. The van der Waals surface area contributed by atoms with Gasteiger partial charge in [0, 0.05) is 19.5 Å². The van der Waals surface area contributed by atoms with Crippen LogP contribution in [0.4, 0.5) is 0 Å². The number of likely N-dealkylation sites (tertiary alicyclic amines) is 1. The van der Waals surface area contributed by atoms with Gasteiger partial charge in [-0.1, -0.05) is 19.8 Å². The average molecular weight is 253 g/mol. The molecule has 1 amide bonds. The molecule has 1 atom stereocenters. The molecule has 0 aromatic heterocycles. The summed E-state index contributed by atoms with van der Waals surface area (Å²) in [6, 6.07) is 0. The number of hydrogen-bond acceptors (Lipinski definition) is 2. The Kier molecular flexibility index (Phi) is 3.93. The Labute approximate surface area is 108 Å². The summed E-state index contributed by atoms with van der Waals surface area (Å²) in [7, 11) is 0. The Balaban J connectivity index is 1.96. The van der Waals surface area contributed by atoms with E-state index in [-0.39, 0.29) is 17.7 Å². The van der Waals surface area contributed by atoms with E-state index < -0.39 is 5.97 Å². The van der Waals surface area contributed by atoms with E-state index in [1.54, 1.807) is 0 Å². The molecule has 1 aliphatic carbocycles. The highest BCUT2D eigenvalue weighted by atomic mass is 16.4. The van der Waals surface area contributed by atoms with Gasteiger partial charge in [-0.25, -0.2) is 0 Å². The fourth-order valence-corrected chi connectivity index (χ4v) is 3.46. The highest BCUT2D eigenvalue weighted by Crippen LogP contribution is 2.44. The number of rotatable bonds is 4. The van der Waals surface area contributed by atoms with Gasteiger partial charge in [0.2, 0.25) is 5.91 Å². The van der Waals surface area contributed by atoms with Crippen molar-refractivity contribution in [3.05, 3.63) is 0 Å². The van der Waals surface area contributed by atoms with Crippen LogP contribution in [0.25, 0.3) is 0 Å². The fraction of sp³-hybridized carbons (Fsp3) is 0.857. The van der Waals surface area contributed by atoms with Gasteiger partial charge in [0.25, 0.3) is 0 Å². The maximum atomic E-state index is 12.3. The van der Waals surface area contributed by atoms with E-state index in [2.05, 4.69) is 6.92 Å². The first kappa shape index (κ1) is 13.4. The molecule has 0 radical (unpaired) electrons. The average Bonchev–Trinajstić information content (AvgIpc) is 2.87. The molecule has 2 aliphatic rings. The zero-order valence-electron chi connectivity index (χ0n) is 11.2. The van der Waals surface area contributed by atoms with Gasteiger partial charge in [-0.15, -0.1) is 0 Å². The minimum Gasteiger partial charge on any atom is -0.481 e. The van der Waals surface area contributed by atoms with Crippen molar-refractivity contribution in [2.45, 2.75) is 51.9 Å². The first-order chi connectivity index (χ1) is 8.51. The molecule has 1 N–H and O–H groups in total. The molecule has 4 nitrogen and oxygen atoms in total. The Bertz CT molecular complexity index is 334. The van der Waals surface area contributed by atoms with Crippen LogP contribution < -0.4 is 0 Å². The van der Waals surface area contributed by atoms with Crippen LogP contribution in [0.1, 0.15) is 51.9 Å². The summed E-state index contributed by atoms with van der Waals surface area (Å²) in [4.78, 5) is 25.2. The third kappa shape index (κ3) is 3.03. The van der Waals surface area contributed by atoms with E-state index >= 15 is 0 Å². The molecule has 0 bridgehead atoms. The second-order valence-electron chi connectivity index (χ2n) is 6.19. The molecule has 1 saturated heterocycles. The Morgan fingerprint density at radius 3 is 2.44 bits per heavy atom. The maximum Gasteiger partial charge on any atom is 0.303 e. The van der Waals surface area contributed by atoms with Crippen molar-refractivity contribution in [1.82, 2.24) is 4.90 Å². The van der Waals surface area contributed by atoms with E-state index in [0.717, 1.165) is 45.2 Å².